The summed E-state index contributed by atoms with van der Waals surface area (Å²) in [6, 6.07) is 5.88. The predicted octanol–water partition coefficient (Wildman–Crippen LogP) is 6.37. The third kappa shape index (κ3) is 7.17. The molecule has 0 radical (unpaired) electrons. The van der Waals surface area contributed by atoms with Crippen molar-refractivity contribution in [2.24, 2.45) is 5.92 Å². The molecule has 2 amide bonds. The van der Waals surface area contributed by atoms with E-state index in [2.05, 4.69) is 26.7 Å². The molecule has 3 N–H and O–H groups in total. The Morgan fingerprint density at radius 2 is 1.72 bits per heavy atom. The van der Waals surface area contributed by atoms with Gasteiger partial charge in [0.1, 0.15) is 11.3 Å². The lowest BCUT2D eigenvalue weighted by Crippen LogP contribution is -2.43. The standard InChI is InChI=1S/C35H50N6O2/c42-33(30-23-29-24-36-26-35(32(29)39-30)16-8-5-3-1-2-4-6-9-17-35)38-18-10-7-11-27-14-20-40(21-15-27)34(43)28-12-13-31-37-19-22-41(31)25-28/h12-13,19,22-23,25,27,36,39H,1-11,14-18,20-21,24,26H2,(H,38,42). The number of piperidine rings is 1. The summed E-state index contributed by atoms with van der Waals surface area (Å²) in [4.78, 5) is 36.0. The number of amides is 2. The van der Waals surface area contributed by atoms with Crippen molar-refractivity contribution in [1.82, 2.24) is 29.9 Å². The molecule has 2 fully saturated rings. The van der Waals surface area contributed by atoms with Gasteiger partial charge < -0.3 is 24.9 Å². The molecule has 0 atom stereocenters. The molecule has 1 aliphatic carbocycles. The lowest BCUT2D eigenvalue weighted by molar-refractivity contribution is 0.0685. The number of likely N-dealkylation sites (tertiary alicyclic amines) is 1. The molecule has 8 heteroatoms. The van der Waals surface area contributed by atoms with Crippen LogP contribution in [0.15, 0.2) is 36.8 Å². The number of aromatic amines is 1. The van der Waals surface area contributed by atoms with Crippen LogP contribution in [0, 0.1) is 5.92 Å². The third-order valence-corrected chi connectivity index (χ3v) is 10.4. The number of carbonyl (C=O) groups excluding carboxylic acids is 2. The molecule has 1 spiro atoms. The van der Waals surface area contributed by atoms with Gasteiger partial charge in [0.25, 0.3) is 11.8 Å². The molecule has 1 saturated carbocycles. The third-order valence-electron chi connectivity index (χ3n) is 10.4. The van der Waals surface area contributed by atoms with Gasteiger partial charge in [-0.3, -0.25) is 9.59 Å². The summed E-state index contributed by atoms with van der Waals surface area (Å²) in [5.74, 6) is 0.790. The molecule has 43 heavy (non-hydrogen) atoms. The molecule has 0 bridgehead atoms. The average Bonchev–Trinajstić information content (AvgIpc) is 3.68. The first-order chi connectivity index (χ1) is 21.1. The van der Waals surface area contributed by atoms with Crippen molar-refractivity contribution in [2.75, 3.05) is 26.2 Å². The number of hydrogen-bond donors (Lipinski definition) is 3. The summed E-state index contributed by atoms with van der Waals surface area (Å²) in [5, 5.41) is 6.88. The van der Waals surface area contributed by atoms with Crippen molar-refractivity contribution in [3.8, 4) is 0 Å². The number of carbonyl (C=O) groups is 2. The maximum atomic E-state index is 13.1. The molecule has 232 valence electrons. The largest absolute Gasteiger partial charge is 0.354 e. The topological polar surface area (TPSA) is 94.5 Å². The number of hydrogen-bond acceptors (Lipinski definition) is 4. The Balaban J connectivity index is 0.933. The van der Waals surface area contributed by atoms with Gasteiger partial charge in [0.05, 0.1) is 5.56 Å². The van der Waals surface area contributed by atoms with Crippen molar-refractivity contribution in [3.63, 3.8) is 0 Å². The molecule has 0 aromatic carbocycles. The van der Waals surface area contributed by atoms with Gasteiger partial charge in [-0.05, 0) is 61.8 Å². The maximum Gasteiger partial charge on any atom is 0.267 e. The van der Waals surface area contributed by atoms with E-state index < -0.39 is 0 Å². The minimum Gasteiger partial charge on any atom is -0.354 e. The van der Waals surface area contributed by atoms with E-state index in [0.29, 0.717) is 12.5 Å². The molecular weight excluding hydrogens is 536 g/mol. The van der Waals surface area contributed by atoms with Gasteiger partial charge in [-0.1, -0.05) is 64.2 Å². The summed E-state index contributed by atoms with van der Waals surface area (Å²) in [7, 11) is 0. The van der Waals surface area contributed by atoms with Crippen LogP contribution in [0.1, 0.15) is 128 Å². The van der Waals surface area contributed by atoms with Crippen LogP contribution in [0.4, 0.5) is 0 Å². The summed E-state index contributed by atoms with van der Waals surface area (Å²) in [6.07, 6.45) is 24.0. The van der Waals surface area contributed by atoms with E-state index in [1.165, 1.54) is 75.5 Å². The smallest absolute Gasteiger partial charge is 0.267 e. The zero-order chi connectivity index (χ0) is 29.5. The Labute approximate surface area is 256 Å². The van der Waals surface area contributed by atoms with Crippen molar-refractivity contribution < 1.29 is 9.59 Å². The van der Waals surface area contributed by atoms with Gasteiger partial charge in [0.15, 0.2) is 0 Å². The van der Waals surface area contributed by atoms with Crippen LogP contribution in [0.5, 0.6) is 0 Å². The number of rotatable bonds is 7. The Morgan fingerprint density at radius 3 is 2.49 bits per heavy atom. The maximum absolute atomic E-state index is 13.1. The van der Waals surface area contributed by atoms with E-state index in [0.717, 1.165) is 75.2 Å². The number of pyridine rings is 1. The number of nitrogens with one attached hydrogen (secondary N) is 3. The Hall–Kier alpha value is -3.13. The van der Waals surface area contributed by atoms with Crippen molar-refractivity contribution >= 4 is 17.5 Å². The van der Waals surface area contributed by atoms with E-state index in [9.17, 15) is 9.59 Å². The average molecular weight is 587 g/mol. The number of unbranched alkanes of at least 4 members (excludes halogenated alkanes) is 1. The molecule has 3 aromatic heterocycles. The summed E-state index contributed by atoms with van der Waals surface area (Å²) < 4.78 is 1.90. The molecule has 6 rings (SSSR count). The SMILES string of the molecule is O=C(NCCCCC1CCN(C(=O)c2ccc3nccn3c2)CC1)c1cc2c([nH]1)C1(CCCCCCCCCC1)CNC2. The van der Waals surface area contributed by atoms with E-state index in [1.807, 2.05) is 33.8 Å². The van der Waals surface area contributed by atoms with Crippen molar-refractivity contribution in [3.05, 3.63) is 59.3 Å². The zero-order valence-corrected chi connectivity index (χ0v) is 25.8. The summed E-state index contributed by atoms with van der Waals surface area (Å²) in [6.45, 7) is 4.22. The number of imidazole rings is 1. The lowest BCUT2D eigenvalue weighted by Gasteiger charge is -2.38. The zero-order valence-electron chi connectivity index (χ0n) is 25.8. The van der Waals surface area contributed by atoms with Crippen LogP contribution in [-0.4, -0.2) is 57.3 Å². The Morgan fingerprint density at radius 1 is 0.977 bits per heavy atom. The van der Waals surface area contributed by atoms with Gasteiger partial charge >= 0.3 is 0 Å². The number of H-pyrrole nitrogens is 1. The normalized spacial score (nSPS) is 20.0. The predicted molar refractivity (Wildman–Crippen MR) is 170 cm³/mol. The molecule has 2 aliphatic heterocycles. The Kier molecular flexibility index (Phi) is 9.81. The highest BCUT2D eigenvalue weighted by molar-refractivity contribution is 5.94. The van der Waals surface area contributed by atoms with Crippen LogP contribution < -0.4 is 10.6 Å². The molecular formula is C35H50N6O2. The van der Waals surface area contributed by atoms with Gasteiger partial charge in [0.2, 0.25) is 0 Å². The fourth-order valence-electron chi connectivity index (χ4n) is 7.81. The second-order valence-corrected chi connectivity index (χ2v) is 13.4. The summed E-state index contributed by atoms with van der Waals surface area (Å²) in [5.41, 5.74) is 5.08. The first-order valence-corrected chi connectivity index (χ1v) is 17.0. The van der Waals surface area contributed by atoms with Crippen LogP contribution >= 0.6 is 0 Å². The summed E-state index contributed by atoms with van der Waals surface area (Å²) >= 11 is 0. The number of nitrogens with zero attached hydrogens (tertiary/aromatic N) is 3. The van der Waals surface area contributed by atoms with Crippen molar-refractivity contribution in [1.29, 1.82) is 0 Å². The fraction of sp³-hybridized carbons (Fsp3) is 0.629. The lowest BCUT2D eigenvalue weighted by atomic mass is 9.72. The van der Waals surface area contributed by atoms with E-state index in [-0.39, 0.29) is 17.2 Å². The van der Waals surface area contributed by atoms with E-state index in [1.54, 1.807) is 6.20 Å². The first kappa shape index (κ1) is 29.9. The number of fused-ring (bicyclic) bond motifs is 3. The van der Waals surface area contributed by atoms with Gasteiger partial charge in [-0.15, -0.1) is 0 Å². The van der Waals surface area contributed by atoms with Crippen LogP contribution in [0.2, 0.25) is 0 Å². The quantitative estimate of drug-likeness (QED) is 0.281. The highest BCUT2D eigenvalue weighted by Crippen LogP contribution is 2.40. The second-order valence-electron chi connectivity index (χ2n) is 13.4. The van der Waals surface area contributed by atoms with E-state index in [4.69, 9.17) is 0 Å². The molecule has 0 unspecified atom stereocenters. The molecule has 3 aromatic rings. The minimum absolute atomic E-state index is 0.0296. The fourth-order valence-corrected chi connectivity index (χ4v) is 7.81. The first-order valence-electron chi connectivity index (χ1n) is 17.0. The van der Waals surface area contributed by atoms with Gasteiger partial charge in [-0.25, -0.2) is 4.98 Å². The molecule has 5 heterocycles. The highest BCUT2D eigenvalue weighted by Gasteiger charge is 2.38. The Bertz CT molecular complexity index is 1360. The van der Waals surface area contributed by atoms with Gasteiger partial charge in [0, 0.05) is 62.4 Å². The van der Waals surface area contributed by atoms with E-state index >= 15 is 0 Å². The van der Waals surface area contributed by atoms with Crippen molar-refractivity contribution in [2.45, 2.75) is 108 Å². The number of aromatic nitrogens is 3. The second kappa shape index (κ2) is 14.1. The van der Waals surface area contributed by atoms with Gasteiger partial charge in [-0.2, -0.15) is 0 Å². The minimum atomic E-state index is 0.0296. The molecule has 1 saturated heterocycles. The van der Waals surface area contributed by atoms with Crippen LogP contribution in [0.3, 0.4) is 0 Å². The van der Waals surface area contributed by atoms with Crippen LogP contribution in [-0.2, 0) is 12.0 Å². The van der Waals surface area contributed by atoms with Crippen LogP contribution in [0.25, 0.3) is 5.65 Å². The highest BCUT2D eigenvalue weighted by atomic mass is 16.2. The monoisotopic (exact) mass is 586 g/mol. The molecule has 3 aliphatic rings. The molecule has 8 nitrogen and oxygen atoms in total.